The summed E-state index contributed by atoms with van der Waals surface area (Å²) in [6.45, 7) is 2.77. The van der Waals surface area contributed by atoms with Gasteiger partial charge >= 0.3 is 5.97 Å². The number of aromatic nitrogens is 2. The molecule has 0 aliphatic carbocycles. The molecule has 6 heteroatoms. The summed E-state index contributed by atoms with van der Waals surface area (Å²) in [6, 6.07) is 3.60. The van der Waals surface area contributed by atoms with E-state index in [1.807, 2.05) is 6.92 Å². The Kier molecular flexibility index (Phi) is 3.79. The molecule has 2 rings (SSSR count). The second-order valence-electron chi connectivity index (χ2n) is 3.97. The van der Waals surface area contributed by atoms with E-state index in [0.717, 1.165) is 12.6 Å². The van der Waals surface area contributed by atoms with Gasteiger partial charge in [0.1, 0.15) is 12.4 Å². The second kappa shape index (κ2) is 5.51. The highest BCUT2D eigenvalue weighted by Crippen LogP contribution is 2.14. The quantitative estimate of drug-likeness (QED) is 0.900. The van der Waals surface area contributed by atoms with Crippen molar-refractivity contribution in [2.75, 3.05) is 0 Å². The minimum absolute atomic E-state index is 0.0907. The van der Waals surface area contributed by atoms with Crippen molar-refractivity contribution in [3.63, 3.8) is 0 Å². The highest BCUT2D eigenvalue weighted by molar-refractivity contribution is 5.87. The average Bonchev–Trinajstić information content (AvgIpc) is 2.83. The van der Waals surface area contributed by atoms with Crippen LogP contribution in [-0.4, -0.2) is 20.9 Å². The number of carboxylic acids is 1. The van der Waals surface area contributed by atoms with E-state index >= 15 is 0 Å². The van der Waals surface area contributed by atoms with Gasteiger partial charge < -0.3 is 9.84 Å². The van der Waals surface area contributed by atoms with Crippen LogP contribution in [0.25, 0.3) is 0 Å². The van der Waals surface area contributed by atoms with Gasteiger partial charge in [-0.3, -0.25) is 4.68 Å². The Morgan fingerprint density at radius 3 is 2.89 bits per heavy atom. The van der Waals surface area contributed by atoms with Gasteiger partial charge in [-0.05, 0) is 30.7 Å². The molecule has 1 aromatic carbocycles. The number of rotatable bonds is 5. The highest BCUT2D eigenvalue weighted by atomic mass is 19.1. The molecule has 0 fully saturated rings. The molecule has 0 aliphatic heterocycles. The zero-order valence-electron chi connectivity index (χ0n) is 10.3. The van der Waals surface area contributed by atoms with E-state index < -0.39 is 11.8 Å². The van der Waals surface area contributed by atoms with E-state index in [1.54, 1.807) is 17.1 Å². The third-order valence-electron chi connectivity index (χ3n) is 2.54. The van der Waals surface area contributed by atoms with E-state index in [2.05, 4.69) is 5.10 Å². The summed E-state index contributed by atoms with van der Waals surface area (Å²) < 4.78 is 20.4. The molecule has 0 amide bonds. The van der Waals surface area contributed by atoms with Crippen LogP contribution in [0.5, 0.6) is 5.75 Å². The summed E-state index contributed by atoms with van der Waals surface area (Å²) in [7, 11) is 0. The lowest BCUT2D eigenvalue weighted by atomic mass is 10.1. The molecule has 1 heterocycles. The molecule has 0 aliphatic rings. The normalized spacial score (nSPS) is 10.4. The molecule has 19 heavy (non-hydrogen) atoms. The van der Waals surface area contributed by atoms with Crippen LogP contribution in [0.3, 0.4) is 0 Å². The Balaban J connectivity index is 2.08. The van der Waals surface area contributed by atoms with Crippen LogP contribution in [-0.2, 0) is 13.2 Å². The number of nitrogens with zero attached hydrogens (tertiary/aromatic N) is 2. The van der Waals surface area contributed by atoms with Gasteiger partial charge in [-0.1, -0.05) is 0 Å². The van der Waals surface area contributed by atoms with Gasteiger partial charge in [-0.15, -0.1) is 0 Å². The number of halogens is 1. The van der Waals surface area contributed by atoms with Crippen LogP contribution in [0.15, 0.2) is 30.6 Å². The van der Waals surface area contributed by atoms with Crippen LogP contribution < -0.4 is 4.74 Å². The summed E-state index contributed by atoms with van der Waals surface area (Å²) in [4.78, 5) is 10.8. The summed E-state index contributed by atoms with van der Waals surface area (Å²) in [5, 5.41) is 12.9. The third kappa shape index (κ3) is 3.31. The fourth-order valence-corrected chi connectivity index (χ4v) is 1.62. The van der Waals surface area contributed by atoms with Gasteiger partial charge in [0.05, 0.1) is 18.0 Å². The summed E-state index contributed by atoms with van der Waals surface area (Å²) >= 11 is 0. The predicted octanol–water partition coefficient (Wildman–Crippen LogP) is 2.32. The zero-order chi connectivity index (χ0) is 13.8. The third-order valence-corrected chi connectivity index (χ3v) is 2.54. The number of carbonyl (C=O) groups is 1. The maximum Gasteiger partial charge on any atom is 0.335 e. The van der Waals surface area contributed by atoms with Crippen LogP contribution in [0.1, 0.15) is 22.8 Å². The van der Waals surface area contributed by atoms with Crippen LogP contribution >= 0.6 is 0 Å². The summed E-state index contributed by atoms with van der Waals surface area (Å²) in [5.74, 6) is -1.20. The monoisotopic (exact) mass is 264 g/mol. The first-order valence-electron chi connectivity index (χ1n) is 5.76. The van der Waals surface area contributed by atoms with Crippen molar-refractivity contribution in [2.45, 2.75) is 20.1 Å². The molecular formula is C13H13FN2O3. The van der Waals surface area contributed by atoms with E-state index in [0.29, 0.717) is 11.3 Å². The topological polar surface area (TPSA) is 64.3 Å². The van der Waals surface area contributed by atoms with Crippen LogP contribution in [0, 0.1) is 5.82 Å². The Bertz CT molecular complexity index is 595. The molecule has 0 unspecified atom stereocenters. The number of hydrogen-bond donors (Lipinski definition) is 1. The van der Waals surface area contributed by atoms with Crippen molar-refractivity contribution in [1.82, 2.24) is 9.78 Å². The molecule has 0 radical (unpaired) electrons. The van der Waals surface area contributed by atoms with Gasteiger partial charge in [-0.2, -0.15) is 5.10 Å². The lowest BCUT2D eigenvalue weighted by molar-refractivity contribution is 0.0696. The number of hydrogen-bond acceptors (Lipinski definition) is 3. The molecule has 1 N–H and O–H groups in total. The molecule has 5 nitrogen and oxygen atoms in total. The maximum absolute atomic E-state index is 13.2. The summed E-state index contributed by atoms with van der Waals surface area (Å²) in [6.07, 6.45) is 3.28. The lowest BCUT2D eigenvalue weighted by Gasteiger charge is -2.05. The van der Waals surface area contributed by atoms with E-state index in [-0.39, 0.29) is 12.2 Å². The molecule has 1 aromatic heterocycles. The first-order valence-corrected chi connectivity index (χ1v) is 5.76. The van der Waals surface area contributed by atoms with Gasteiger partial charge in [0.25, 0.3) is 0 Å². The Morgan fingerprint density at radius 1 is 1.47 bits per heavy atom. The Labute approximate surface area is 109 Å². The van der Waals surface area contributed by atoms with Crippen molar-refractivity contribution in [1.29, 1.82) is 0 Å². The first-order chi connectivity index (χ1) is 9.08. The lowest BCUT2D eigenvalue weighted by Crippen LogP contribution is -2.01. The molecule has 0 bridgehead atoms. The number of benzene rings is 1. The van der Waals surface area contributed by atoms with E-state index in [1.165, 1.54) is 12.1 Å². The average molecular weight is 264 g/mol. The largest absolute Gasteiger partial charge is 0.486 e. The van der Waals surface area contributed by atoms with Crippen LogP contribution in [0.2, 0.25) is 0 Å². The minimum atomic E-state index is -1.17. The molecular weight excluding hydrogens is 251 g/mol. The minimum Gasteiger partial charge on any atom is -0.486 e. The first kappa shape index (κ1) is 13.1. The maximum atomic E-state index is 13.2. The van der Waals surface area contributed by atoms with Gasteiger partial charge in [0, 0.05) is 6.54 Å². The molecule has 0 spiro atoms. The van der Waals surface area contributed by atoms with Crippen molar-refractivity contribution in [3.05, 3.63) is 47.5 Å². The summed E-state index contributed by atoms with van der Waals surface area (Å²) in [5.41, 5.74) is 0.365. The number of ether oxygens (including phenoxy) is 1. The van der Waals surface area contributed by atoms with Gasteiger partial charge in [-0.25, -0.2) is 9.18 Å². The molecule has 0 saturated heterocycles. The number of aromatic carboxylic acids is 1. The SMILES string of the molecule is CCn1cc(OCc2cc(F)cc(C(=O)O)c2)cn1. The van der Waals surface area contributed by atoms with E-state index in [4.69, 9.17) is 9.84 Å². The van der Waals surface area contributed by atoms with E-state index in [9.17, 15) is 9.18 Å². The van der Waals surface area contributed by atoms with Crippen molar-refractivity contribution in [3.8, 4) is 5.75 Å². The van der Waals surface area contributed by atoms with Crippen molar-refractivity contribution >= 4 is 5.97 Å². The highest BCUT2D eigenvalue weighted by Gasteiger charge is 2.08. The smallest absolute Gasteiger partial charge is 0.335 e. The number of aryl methyl sites for hydroxylation is 1. The Morgan fingerprint density at radius 2 is 2.26 bits per heavy atom. The van der Waals surface area contributed by atoms with Gasteiger partial charge in [0.2, 0.25) is 0 Å². The fourth-order valence-electron chi connectivity index (χ4n) is 1.62. The molecule has 2 aromatic rings. The number of carboxylic acid groups (broad SMARTS) is 1. The Hall–Kier alpha value is -2.37. The van der Waals surface area contributed by atoms with Gasteiger partial charge in [0.15, 0.2) is 5.75 Å². The molecule has 0 atom stereocenters. The molecule has 0 saturated carbocycles. The van der Waals surface area contributed by atoms with Crippen molar-refractivity contribution < 1.29 is 19.0 Å². The zero-order valence-corrected chi connectivity index (χ0v) is 10.3. The predicted molar refractivity (Wildman–Crippen MR) is 65.6 cm³/mol. The second-order valence-corrected chi connectivity index (χ2v) is 3.97. The standard InChI is InChI=1S/C13H13FN2O3/c1-2-16-7-12(6-15-16)19-8-9-3-10(13(17)18)5-11(14)4-9/h3-7H,2,8H2,1H3,(H,17,18). The van der Waals surface area contributed by atoms with Crippen molar-refractivity contribution in [2.24, 2.45) is 0 Å². The fraction of sp³-hybridized carbons (Fsp3) is 0.231. The van der Waals surface area contributed by atoms with Crippen LogP contribution in [0.4, 0.5) is 4.39 Å². The molecule has 100 valence electrons.